The first-order valence-electron chi connectivity index (χ1n) is 3.40. The van der Waals surface area contributed by atoms with E-state index >= 15 is 0 Å². The van der Waals surface area contributed by atoms with Gasteiger partial charge in [-0.05, 0) is 13.3 Å². The molecular weight excluding hydrogens is 135 g/mol. The summed E-state index contributed by atoms with van der Waals surface area (Å²) in [5.74, 6) is 0. The highest BCUT2D eigenvalue weighted by Gasteiger charge is 1.84. The molecule has 56 valence electrons. The Bertz CT molecular complexity index is 44.3. The van der Waals surface area contributed by atoms with Gasteiger partial charge in [-0.15, -0.1) is 0 Å². The molecule has 9 heavy (non-hydrogen) atoms. The monoisotopic (exact) mass is 150 g/mol. The van der Waals surface area contributed by atoms with Gasteiger partial charge in [0.2, 0.25) is 0 Å². The molecule has 0 fully saturated rings. The predicted molar refractivity (Wildman–Crippen MR) is 40.8 cm³/mol. The number of hydrogen-bond acceptors (Lipinski definition) is 2. The van der Waals surface area contributed by atoms with Gasteiger partial charge in [-0.2, -0.15) is 0 Å². The fourth-order valence-electron chi connectivity index (χ4n) is 0.359. The van der Waals surface area contributed by atoms with E-state index in [4.69, 9.17) is 9.05 Å². The summed E-state index contributed by atoms with van der Waals surface area (Å²) in [6.07, 6.45) is 2.33. The standard InChI is InChI=1S/C6H15O2P/c1-3-5-6-8-9-7-4-2/h9H,3-6H2,1-2H3. The van der Waals surface area contributed by atoms with Crippen LogP contribution in [0.1, 0.15) is 26.7 Å². The summed E-state index contributed by atoms with van der Waals surface area (Å²) in [5, 5.41) is 0. The minimum Gasteiger partial charge on any atom is -0.337 e. The van der Waals surface area contributed by atoms with Crippen LogP contribution >= 0.6 is 9.03 Å². The maximum atomic E-state index is 5.12. The van der Waals surface area contributed by atoms with E-state index in [1.54, 1.807) is 0 Å². The third-order valence-electron chi connectivity index (χ3n) is 0.862. The van der Waals surface area contributed by atoms with Crippen LogP contribution in [-0.2, 0) is 9.05 Å². The molecule has 3 heteroatoms. The SMILES string of the molecule is CCCCOPOCC. The van der Waals surface area contributed by atoms with Gasteiger partial charge in [-0.25, -0.2) is 0 Å². The average Bonchev–Trinajstić information content (AvgIpc) is 1.89. The van der Waals surface area contributed by atoms with E-state index in [1.807, 2.05) is 6.92 Å². The molecule has 0 spiro atoms. The Morgan fingerprint density at radius 2 is 2.00 bits per heavy atom. The van der Waals surface area contributed by atoms with Gasteiger partial charge >= 0.3 is 0 Å². The second-order valence-corrected chi connectivity index (χ2v) is 2.46. The molecule has 0 saturated heterocycles. The van der Waals surface area contributed by atoms with Crippen LogP contribution in [0.25, 0.3) is 0 Å². The van der Waals surface area contributed by atoms with Crippen LogP contribution < -0.4 is 0 Å². The van der Waals surface area contributed by atoms with Crippen molar-refractivity contribution in [2.45, 2.75) is 26.7 Å². The first-order valence-corrected chi connectivity index (χ1v) is 4.22. The van der Waals surface area contributed by atoms with Crippen molar-refractivity contribution in [3.05, 3.63) is 0 Å². The average molecular weight is 150 g/mol. The smallest absolute Gasteiger partial charge is 0.155 e. The Hall–Kier alpha value is 0.350. The van der Waals surface area contributed by atoms with Crippen LogP contribution in [0.2, 0.25) is 0 Å². The minimum atomic E-state index is 0.242. The second kappa shape index (κ2) is 8.35. The molecule has 0 bridgehead atoms. The highest BCUT2D eigenvalue weighted by Crippen LogP contribution is 2.12. The van der Waals surface area contributed by atoms with Crippen LogP contribution in [0.4, 0.5) is 0 Å². The van der Waals surface area contributed by atoms with Gasteiger partial charge in [0, 0.05) is 0 Å². The maximum absolute atomic E-state index is 5.12. The van der Waals surface area contributed by atoms with Crippen molar-refractivity contribution in [3.63, 3.8) is 0 Å². The molecule has 0 aromatic carbocycles. The van der Waals surface area contributed by atoms with E-state index in [1.165, 1.54) is 6.42 Å². The molecule has 1 atom stereocenters. The Morgan fingerprint density at radius 3 is 2.56 bits per heavy atom. The predicted octanol–water partition coefficient (Wildman–Crippen LogP) is 2.35. The summed E-state index contributed by atoms with van der Waals surface area (Å²) >= 11 is 0. The van der Waals surface area contributed by atoms with E-state index < -0.39 is 0 Å². The molecular formula is C6H15O2P. The molecule has 2 nitrogen and oxygen atoms in total. The lowest BCUT2D eigenvalue weighted by molar-refractivity contribution is 0.272. The molecule has 0 radical (unpaired) electrons. The van der Waals surface area contributed by atoms with Gasteiger partial charge in [-0.3, -0.25) is 0 Å². The first kappa shape index (κ1) is 9.35. The van der Waals surface area contributed by atoms with Crippen LogP contribution in [0.3, 0.4) is 0 Å². The van der Waals surface area contributed by atoms with Crippen LogP contribution in [0.5, 0.6) is 0 Å². The Kier molecular flexibility index (Phi) is 8.67. The zero-order valence-corrected chi connectivity index (χ0v) is 7.14. The molecule has 0 N–H and O–H groups in total. The zero-order chi connectivity index (χ0) is 6.95. The molecule has 0 aromatic heterocycles. The van der Waals surface area contributed by atoms with Gasteiger partial charge < -0.3 is 9.05 Å². The van der Waals surface area contributed by atoms with Gasteiger partial charge in [0.25, 0.3) is 0 Å². The molecule has 0 saturated carbocycles. The molecule has 1 unspecified atom stereocenters. The van der Waals surface area contributed by atoms with E-state index in [9.17, 15) is 0 Å². The maximum Gasteiger partial charge on any atom is 0.155 e. The van der Waals surface area contributed by atoms with Gasteiger partial charge in [0.1, 0.15) is 0 Å². The molecule has 0 aromatic rings. The van der Waals surface area contributed by atoms with Crippen molar-refractivity contribution in [1.82, 2.24) is 0 Å². The normalized spacial score (nSPS) is 11.3. The molecule has 0 heterocycles. The van der Waals surface area contributed by atoms with Crippen LogP contribution in [-0.4, -0.2) is 13.2 Å². The Balaban J connectivity index is 2.60. The summed E-state index contributed by atoms with van der Waals surface area (Å²) in [5.41, 5.74) is 0. The van der Waals surface area contributed by atoms with Crippen molar-refractivity contribution in [3.8, 4) is 0 Å². The number of rotatable bonds is 6. The molecule has 0 rings (SSSR count). The summed E-state index contributed by atoms with van der Waals surface area (Å²) in [4.78, 5) is 0. The molecule has 0 aliphatic heterocycles. The third kappa shape index (κ3) is 8.35. The topological polar surface area (TPSA) is 18.5 Å². The van der Waals surface area contributed by atoms with Gasteiger partial charge in [-0.1, -0.05) is 13.3 Å². The number of unbranched alkanes of at least 4 members (excludes halogenated alkanes) is 1. The van der Waals surface area contributed by atoms with Crippen molar-refractivity contribution in [2.24, 2.45) is 0 Å². The van der Waals surface area contributed by atoms with E-state index in [0.29, 0.717) is 0 Å². The second-order valence-electron chi connectivity index (χ2n) is 1.72. The Labute approximate surface area is 58.9 Å². The summed E-state index contributed by atoms with van der Waals surface area (Å²) in [6.45, 7) is 5.71. The van der Waals surface area contributed by atoms with Crippen molar-refractivity contribution >= 4 is 9.03 Å². The lowest BCUT2D eigenvalue weighted by Crippen LogP contribution is -1.84. The fourth-order valence-corrected chi connectivity index (χ4v) is 0.788. The highest BCUT2D eigenvalue weighted by atomic mass is 31.1. The van der Waals surface area contributed by atoms with Gasteiger partial charge in [0.05, 0.1) is 13.2 Å². The largest absolute Gasteiger partial charge is 0.337 e. The lowest BCUT2D eigenvalue weighted by atomic mass is 10.4. The van der Waals surface area contributed by atoms with Crippen molar-refractivity contribution in [2.75, 3.05) is 13.2 Å². The van der Waals surface area contributed by atoms with E-state index in [-0.39, 0.29) is 9.03 Å². The Morgan fingerprint density at radius 1 is 1.22 bits per heavy atom. The van der Waals surface area contributed by atoms with Crippen LogP contribution in [0, 0.1) is 0 Å². The highest BCUT2D eigenvalue weighted by molar-refractivity contribution is 7.26. The quantitative estimate of drug-likeness (QED) is 0.427. The summed E-state index contributed by atoms with van der Waals surface area (Å²) in [7, 11) is 0.242. The van der Waals surface area contributed by atoms with E-state index in [0.717, 1.165) is 19.6 Å². The fraction of sp³-hybridized carbons (Fsp3) is 1.00. The molecule has 0 aliphatic carbocycles. The van der Waals surface area contributed by atoms with Crippen molar-refractivity contribution in [1.29, 1.82) is 0 Å². The van der Waals surface area contributed by atoms with Crippen LogP contribution in [0.15, 0.2) is 0 Å². The number of hydrogen-bond donors (Lipinski definition) is 0. The lowest BCUT2D eigenvalue weighted by Gasteiger charge is -1.99. The minimum absolute atomic E-state index is 0.242. The zero-order valence-electron chi connectivity index (χ0n) is 6.14. The first-order chi connectivity index (χ1) is 4.41. The van der Waals surface area contributed by atoms with Gasteiger partial charge in [0.15, 0.2) is 9.03 Å². The van der Waals surface area contributed by atoms with E-state index in [2.05, 4.69) is 6.92 Å². The molecule has 0 aliphatic rings. The molecule has 0 amide bonds. The summed E-state index contributed by atoms with van der Waals surface area (Å²) < 4.78 is 10.1. The van der Waals surface area contributed by atoms with Crippen molar-refractivity contribution < 1.29 is 9.05 Å². The summed E-state index contributed by atoms with van der Waals surface area (Å²) in [6, 6.07) is 0. The third-order valence-corrected chi connectivity index (χ3v) is 1.59.